The summed E-state index contributed by atoms with van der Waals surface area (Å²) < 4.78 is 52.8. The molecule has 15 atom stereocenters. The number of ether oxygens (including phenoxy) is 9. The van der Waals surface area contributed by atoms with E-state index in [0.717, 1.165) is 0 Å². The Balaban J connectivity index is 2.22. The van der Waals surface area contributed by atoms with E-state index in [4.69, 9.17) is 42.6 Å². The van der Waals surface area contributed by atoms with Crippen LogP contribution in [0.4, 0.5) is 24.0 Å². The van der Waals surface area contributed by atoms with Crippen molar-refractivity contribution in [3.63, 3.8) is 0 Å². The number of likely N-dealkylation sites (N-methyl/N-ethyl adjacent to an activating group) is 1. The minimum absolute atomic E-state index is 0.0802. The monoisotopic (exact) mass is 1040 g/mol. The number of hydrogen-bond acceptors (Lipinski definition) is 20. The minimum Gasteiger partial charge on any atom is -0.444 e. The van der Waals surface area contributed by atoms with E-state index in [1.165, 1.54) is 0 Å². The average Bonchev–Trinajstić information content (AvgIpc) is 3.18. The molecular formula is C47H86N6O19. The van der Waals surface area contributed by atoms with Crippen LogP contribution < -0.4 is 26.6 Å². The smallest absolute Gasteiger partial charge is 0.408 e. The molecule has 0 spiro atoms. The van der Waals surface area contributed by atoms with Crippen LogP contribution in [0.2, 0.25) is 0 Å². The highest BCUT2D eigenvalue weighted by molar-refractivity contribution is 5.70. The number of carbonyl (C=O) groups is 5. The van der Waals surface area contributed by atoms with Gasteiger partial charge in [-0.1, -0.05) is 13.8 Å². The standard InChI is InChI=1S/C47H86N6O19/c1-18-53(19-2)22-26-29(54)27(51-41(62)71-46(12,13)14)32(57)37(65-26)67-35-24(50-40(61)70-45(9,10)11)20-23(49-39(60)69-44(6,7)8)34(33(35)58)66-36-28(52-42(63)72-47(15,16)17)31(56)30(55)25(64-36)21-48-38(59)68-43(3,4)5/h23-37,54-58H,18-22H2,1-17H3,(H,48,59)(H,49,60)(H,50,61)(H,51,62)(H,52,63). The molecule has 0 bridgehead atoms. The van der Waals surface area contributed by atoms with Gasteiger partial charge in [0.1, 0.15) is 89.0 Å². The minimum atomic E-state index is -2.01. The molecule has 1 aliphatic carbocycles. The first-order valence-corrected chi connectivity index (χ1v) is 24.5. The molecule has 10 N–H and O–H groups in total. The van der Waals surface area contributed by atoms with Crippen molar-refractivity contribution >= 4 is 30.5 Å². The normalized spacial score (nSPS) is 31.6. The molecule has 25 nitrogen and oxygen atoms in total. The zero-order chi connectivity index (χ0) is 55.1. The summed E-state index contributed by atoms with van der Waals surface area (Å²) in [5.74, 6) is 0. The molecule has 0 radical (unpaired) electrons. The van der Waals surface area contributed by atoms with Crippen LogP contribution in [0, 0.1) is 0 Å². The third-order valence-electron chi connectivity index (χ3n) is 10.9. The quantitative estimate of drug-likeness (QED) is 0.111. The number of nitrogens with zero attached hydrogens (tertiary/aromatic N) is 1. The second kappa shape index (κ2) is 25.0. The fourth-order valence-corrected chi connectivity index (χ4v) is 7.93. The number of aliphatic hydroxyl groups is 5. The Morgan fingerprint density at radius 3 is 1.26 bits per heavy atom. The van der Waals surface area contributed by atoms with Crippen molar-refractivity contribution in [1.29, 1.82) is 0 Å². The van der Waals surface area contributed by atoms with Gasteiger partial charge in [0.05, 0.1) is 18.1 Å². The highest BCUT2D eigenvalue weighted by Crippen LogP contribution is 2.34. The summed E-state index contributed by atoms with van der Waals surface area (Å²) >= 11 is 0. The second-order valence-electron chi connectivity index (χ2n) is 23.2. The molecule has 2 heterocycles. The SMILES string of the molecule is CCN(CC)CC1OC(OC2C(NC(=O)OC(C)(C)C)CC(NC(=O)OC(C)(C)C)C(OC3OC(CNC(=O)OC(C)(C)C)C(O)C(O)C3NC(=O)OC(C)(C)C)C2O)C(O)C(NC(=O)OC(C)(C)C)C1O. The highest BCUT2D eigenvalue weighted by atomic mass is 16.7. The predicted molar refractivity (Wildman–Crippen MR) is 256 cm³/mol. The maximum atomic E-state index is 13.6. The largest absolute Gasteiger partial charge is 0.444 e. The lowest BCUT2D eigenvalue weighted by atomic mass is 9.83. The van der Waals surface area contributed by atoms with Crippen LogP contribution >= 0.6 is 0 Å². The Kier molecular flexibility index (Phi) is 21.6. The summed E-state index contributed by atoms with van der Waals surface area (Å²) in [6, 6.07) is -5.86. The summed E-state index contributed by atoms with van der Waals surface area (Å²) in [7, 11) is 0. The van der Waals surface area contributed by atoms with E-state index in [0.29, 0.717) is 13.1 Å². The van der Waals surface area contributed by atoms with Crippen molar-refractivity contribution in [3.05, 3.63) is 0 Å². The van der Waals surface area contributed by atoms with E-state index in [-0.39, 0.29) is 13.0 Å². The molecule has 0 aromatic heterocycles. The van der Waals surface area contributed by atoms with Gasteiger partial charge in [-0.05, 0) is 123 Å². The molecule has 3 rings (SSSR count). The fourth-order valence-electron chi connectivity index (χ4n) is 7.93. The lowest BCUT2D eigenvalue weighted by Crippen LogP contribution is -2.71. The number of alkyl carbamates (subject to hydrolysis) is 5. The van der Waals surface area contributed by atoms with Gasteiger partial charge in [0.25, 0.3) is 0 Å². The van der Waals surface area contributed by atoms with E-state index >= 15 is 0 Å². The van der Waals surface area contributed by atoms with Gasteiger partial charge in [0.15, 0.2) is 12.6 Å². The molecule has 418 valence electrons. The summed E-state index contributed by atoms with van der Waals surface area (Å²) in [6.45, 7) is 28.6. The maximum Gasteiger partial charge on any atom is 0.408 e. The predicted octanol–water partition coefficient (Wildman–Crippen LogP) is 1.85. The van der Waals surface area contributed by atoms with Gasteiger partial charge in [-0.15, -0.1) is 0 Å². The molecule has 0 aromatic rings. The lowest BCUT2D eigenvalue weighted by molar-refractivity contribution is -0.321. The van der Waals surface area contributed by atoms with Crippen LogP contribution in [0.25, 0.3) is 0 Å². The van der Waals surface area contributed by atoms with Gasteiger partial charge >= 0.3 is 30.5 Å². The Morgan fingerprint density at radius 2 is 0.847 bits per heavy atom. The Hall–Kier alpha value is -4.05. The van der Waals surface area contributed by atoms with Crippen LogP contribution in [0.5, 0.6) is 0 Å². The van der Waals surface area contributed by atoms with Crippen molar-refractivity contribution in [2.45, 2.75) is 244 Å². The number of nitrogens with one attached hydrogen (secondary N) is 5. The van der Waals surface area contributed by atoms with Crippen LogP contribution in [-0.2, 0) is 42.6 Å². The van der Waals surface area contributed by atoms with Crippen molar-refractivity contribution in [2.24, 2.45) is 0 Å². The number of hydrogen-bond donors (Lipinski definition) is 10. The van der Waals surface area contributed by atoms with Crippen molar-refractivity contribution in [2.75, 3.05) is 26.2 Å². The molecule has 2 saturated heterocycles. The van der Waals surface area contributed by atoms with Gasteiger partial charge in [-0.3, -0.25) is 0 Å². The van der Waals surface area contributed by atoms with Crippen molar-refractivity contribution in [3.8, 4) is 0 Å². The van der Waals surface area contributed by atoms with Gasteiger partial charge in [-0.2, -0.15) is 0 Å². The fraction of sp³-hybridized carbons (Fsp3) is 0.894. The molecule has 1 saturated carbocycles. The number of carbonyl (C=O) groups excluding carboxylic acids is 5. The van der Waals surface area contributed by atoms with Crippen LogP contribution in [-0.4, -0.2) is 207 Å². The lowest BCUT2D eigenvalue weighted by Gasteiger charge is -2.50. The third kappa shape index (κ3) is 20.0. The third-order valence-corrected chi connectivity index (χ3v) is 10.9. The van der Waals surface area contributed by atoms with Gasteiger partial charge in [0.2, 0.25) is 0 Å². The van der Waals surface area contributed by atoms with Gasteiger partial charge in [0, 0.05) is 13.1 Å². The second-order valence-corrected chi connectivity index (χ2v) is 23.2. The van der Waals surface area contributed by atoms with E-state index in [9.17, 15) is 49.5 Å². The summed E-state index contributed by atoms with van der Waals surface area (Å²) in [5.41, 5.74) is -5.00. The van der Waals surface area contributed by atoms with E-state index in [1.807, 2.05) is 18.7 Å². The van der Waals surface area contributed by atoms with E-state index in [2.05, 4.69) is 26.6 Å². The Bertz CT molecular complexity index is 1790. The first kappa shape index (κ1) is 62.2. The van der Waals surface area contributed by atoms with Crippen molar-refractivity contribution in [1.82, 2.24) is 31.5 Å². The molecule has 3 fully saturated rings. The topological polar surface area (TPSA) is 333 Å². The molecule has 2 aliphatic heterocycles. The molecule has 25 heteroatoms. The zero-order valence-corrected chi connectivity index (χ0v) is 45.1. The Morgan fingerprint density at radius 1 is 0.472 bits per heavy atom. The van der Waals surface area contributed by atoms with E-state index < -0.39 is 157 Å². The summed E-state index contributed by atoms with van der Waals surface area (Å²) in [5, 5.41) is 72.1. The van der Waals surface area contributed by atoms with Crippen LogP contribution in [0.15, 0.2) is 0 Å². The zero-order valence-electron chi connectivity index (χ0n) is 45.1. The molecule has 0 aromatic carbocycles. The maximum absolute atomic E-state index is 13.6. The van der Waals surface area contributed by atoms with Crippen LogP contribution in [0.1, 0.15) is 124 Å². The van der Waals surface area contributed by atoms with Gasteiger partial charge < -0.3 is 99.6 Å². The van der Waals surface area contributed by atoms with Crippen LogP contribution in [0.3, 0.4) is 0 Å². The number of aliphatic hydroxyl groups excluding tert-OH is 5. The van der Waals surface area contributed by atoms with Crippen molar-refractivity contribution < 1.29 is 92.1 Å². The first-order chi connectivity index (χ1) is 32.8. The number of rotatable bonds is 14. The molecule has 5 amide bonds. The molecule has 72 heavy (non-hydrogen) atoms. The first-order valence-electron chi connectivity index (χ1n) is 24.5. The summed E-state index contributed by atoms with van der Waals surface area (Å²) in [6.07, 6.45) is -24.0. The van der Waals surface area contributed by atoms with E-state index in [1.54, 1.807) is 104 Å². The highest BCUT2D eigenvalue weighted by Gasteiger charge is 2.55. The average molecular weight is 1040 g/mol. The summed E-state index contributed by atoms with van der Waals surface area (Å²) in [4.78, 5) is 68.4. The Labute approximate surface area is 423 Å². The molecule has 3 aliphatic rings. The van der Waals surface area contributed by atoms with Gasteiger partial charge in [-0.25, -0.2) is 24.0 Å². The number of amides is 5. The molecular weight excluding hydrogens is 953 g/mol. The molecule has 15 unspecified atom stereocenters.